The van der Waals surface area contributed by atoms with Gasteiger partial charge in [-0.2, -0.15) is 0 Å². The lowest BCUT2D eigenvalue weighted by Gasteiger charge is -2.39. The van der Waals surface area contributed by atoms with Crippen LogP contribution in [0.2, 0.25) is 0 Å². The summed E-state index contributed by atoms with van der Waals surface area (Å²) < 4.78 is 0. The molecule has 1 aliphatic heterocycles. The molecule has 0 amide bonds. The van der Waals surface area contributed by atoms with E-state index in [1.807, 2.05) is 13.0 Å². The highest BCUT2D eigenvalue weighted by atomic mass is 16.3. The monoisotopic (exact) mass is 274 g/mol. The van der Waals surface area contributed by atoms with Gasteiger partial charge in [0.05, 0.1) is 0 Å². The van der Waals surface area contributed by atoms with Crippen molar-refractivity contribution in [2.75, 3.05) is 26.2 Å². The molecule has 2 N–H and O–H groups in total. The van der Waals surface area contributed by atoms with Crippen LogP contribution < -0.4 is 5.32 Å². The second-order valence-corrected chi connectivity index (χ2v) is 6.29. The lowest BCUT2D eigenvalue weighted by molar-refractivity contribution is 0.123. The summed E-state index contributed by atoms with van der Waals surface area (Å²) in [4.78, 5) is 2.58. The van der Waals surface area contributed by atoms with Crippen molar-refractivity contribution in [3.8, 4) is 5.75 Å². The largest absolute Gasteiger partial charge is 0.507 e. The average Bonchev–Trinajstić information content (AvgIpc) is 2.99. The molecule has 2 aliphatic rings. The van der Waals surface area contributed by atoms with Crippen molar-refractivity contribution in [3.63, 3.8) is 0 Å². The molecule has 1 heterocycles. The number of phenols is 1. The zero-order chi connectivity index (χ0) is 13.9. The molecule has 2 fully saturated rings. The first-order valence-electron chi connectivity index (χ1n) is 8.00. The van der Waals surface area contributed by atoms with Crippen molar-refractivity contribution < 1.29 is 5.11 Å². The van der Waals surface area contributed by atoms with Crippen molar-refractivity contribution in [1.29, 1.82) is 0 Å². The minimum Gasteiger partial charge on any atom is -0.507 e. The summed E-state index contributed by atoms with van der Waals surface area (Å²) in [7, 11) is 0. The first-order valence-corrected chi connectivity index (χ1v) is 8.00. The third-order valence-corrected chi connectivity index (χ3v) is 4.98. The average molecular weight is 274 g/mol. The van der Waals surface area contributed by atoms with Crippen LogP contribution in [-0.4, -0.2) is 36.2 Å². The second-order valence-electron chi connectivity index (χ2n) is 6.29. The van der Waals surface area contributed by atoms with E-state index in [9.17, 15) is 5.11 Å². The zero-order valence-electron chi connectivity index (χ0n) is 12.4. The molecular weight excluding hydrogens is 248 g/mol. The molecule has 1 atom stereocenters. The smallest absolute Gasteiger partial charge is 0.123 e. The van der Waals surface area contributed by atoms with Crippen LogP contribution in [0.25, 0.3) is 0 Å². The Balaban J connectivity index is 1.93. The van der Waals surface area contributed by atoms with Gasteiger partial charge >= 0.3 is 0 Å². The molecule has 20 heavy (non-hydrogen) atoms. The minimum absolute atomic E-state index is 0.402. The maximum absolute atomic E-state index is 10.5. The summed E-state index contributed by atoms with van der Waals surface area (Å²) >= 11 is 0. The van der Waals surface area contributed by atoms with Crippen LogP contribution in [-0.2, 0) is 0 Å². The van der Waals surface area contributed by atoms with Crippen molar-refractivity contribution in [3.05, 3.63) is 29.3 Å². The summed E-state index contributed by atoms with van der Waals surface area (Å²) in [5, 5.41) is 14.0. The standard InChI is InChI=1S/C17H26N2O/c1-13-5-4-8-15(17(13)20)16(14-6-2-3-7-14)19-11-9-18-10-12-19/h4-5,8,14,16,18,20H,2-3,6-7,9-12H2,1H3/t16-/m1/s1. The highest BCUT2D eigenvalue weighted by molar-refractivity contribution is 5.41. The fraction of sp³-hybridized carbons (Fsp3) is 0.647. The third kappa shape index (κ3) is 2.70. The van der Waals surface area contributed by atoms with Crippen molar-refractivity contribution in [2.45, 2.75) is 38.6 Å². The molecule has 1 aromatic carbocycles. The molecule has 0 bridgehead atoms. The first kappa shape index (κ1) is 13.9. The number of nitrogens with one attached hydrogen (secondary N) is 1. The third-order valence-electron chi connectivity index (χ3n) is 4.98. The van der Waals surface area contributed by atoms with Gasteiger partial charge in [0.1, 0.15) is 5.75 Å². The van der Waals surface area contributed by atoms with E-state index in [0.717, 1.165) is 37.3 Å². The van der Waals surface area contributed by atoms with Gasteiger partial charge in [0.25, 0.3) is 0 Å². The van der Waals surface area contributed by atoms with E-state index in [0.29, 0.717) is 17.7 Å². The molecule has 3 nitrogen and oxygen atoms in total. The van der Waals surface area contributed by atoms with Crippen LogP contribution in [0.15, 0.2) is 18.2 Å². The van der Waals surface area contributed by atoms with E-state index >= 15 is 0 Å². The second kappa shape index (κ2) is 6.15. The zero-order valence-corrected chi connectivity index (χ0v) is 12.4. The number of aryl methyl sites for hydroxylation is 1. The molecule has 1 saturated carbocycles. The van der Waals surface area contributed by atoms with E-state index < -0.39 is 0 Å². The number of hydrogen-bond acceptors (Lipinski definition) is 3. The summed E-state index contributed by atoms with van der Waals surface area (Å²) in [6, 6.07) is 6.63. The first-order chi connectivity index (χ1) is 9.77. The van der Waals surface area contributed by atoms with E-state index in [4.69, 9.17) is 0 Å². The van der Waals surface area contributed by atoms with E-state index in [1.54, 1.807) is 0 Å². The lowest BCUT2D eigenvalue weighted by Crippen LogP contribution is -2.46. The molecule has 0 unspecified atom stereocenters. The number of aromatic hydroxyl groups is 1. The van der Waals surface area contributed by atoms with Crippen LogP contribution in [0, 0.1) is 12.8 Å². The Morgan fingerprint density at radius 1 is 1.20 bits per heavy atom. The van der Waals surface area contributed by atoms with Crippen molar-refractivity contribution in [2.24, 2.45) is 5.92 Å². The van der Waals surface area contributed by atoms with Crippen molar-refractivity contribution in [1.82, 2.24) is 10.2 Å². The number of benzene rings is 1. The number of rotatable bonds is 3. The number of piperazine rings is 1. The van der Waals surface area contributed by atoms with Gasteiger partial charge < -0.3 is 10.4 Å². The fourth-order valence-corrected chi connectivity index (χ4v) is 3.90. The van der Waals surface area contributed by atoms with Gasteiger partial charge in [0, 0.05) is 37.8 Å². The van der Waals surface area contributed by atoms with Gasteiger partial charge in [0.15, 0.2) is 0 Å². The molecular formula is C17H26N2O. The van der Waals surface area contributed by atoms with Gasteiger partial charge in [-0.05, 0) is 31.2 Å². The Bertz CT molecular complexity index is 448. The molecule has 3 heteroatoms. The Kier molecular flexibility index (Phi) is 4.27. The molecule has 1 aliphatic carbocycles. The Morgan fingerprint density at radius 2 is 1.90 bits per heavy atom. The van der Waals surface area contributed by atoms with Crippen LogP contribution in [0.5, 0.6) is 5.75 Å². The predicted molar refractivity (Wildman–Crippen MR) is 82.0 cm³/mol. The molecule has 1 saturated heterocycles. The number of nitrogens with zero attached hydrogens (tertiary/aromatic N) is 1. The Labute approximate surface area is 122 Å². The molecule has 3 rings (SSSR count). The maximum atomic E-state index is 10.5. The topological polar surface area (TPSA) is 35.5 Å². The molecule has 0 aromatic heterocycles. The van der Waals surface area contributed by atoms with Crippen LogP contribution >= 0.6 is 0 Å². The van der Waals surface area contributed by atoms with Crippen LogP contribution in [0.4, 0.5) is 0 Å². The van der Waals surface area contributed by atoms with Crippen LogP contribution in [0.1, 0.15) is 42.9 Å². The number of para-hydroxylation sites is 1. The van der Waals surface area contributed by atoms with E-state index in [-0.39, 0.29) is 0 Å². The van der Waals surface area contributed by atoms with E-state index in [2.05, 4.69) is 22.3 Å². The fourth-order valence-electron chi connectivity index (χ4n) is 3.90. The van der Waals surface area contributed by atoms with Gasteiger partial charge in [-0.3, -0.25) is 4.90 Å². The minimum atomic E-state index is 0.402. The SMILES string of the molecule is Cc1cccc([C@@H](C2CCCC2)N2CCNCC2)c1O. The number of phenolic OH excluding ortho intramolecular Hbond substituents is 1. The summed E-state index contributed by atoms with van der Waals surface area (Å²) in [6.07, 6.45) is 5.31. The van der Waals surface area contributed by atoms with Crippen LogP contribution in [0.3, 0.4) is 0 Å². The lowest BCUT2D eigenvalue weighted by atomic mass is 9.88. The van der Waals surface area contributed by atoms with Gasteiger partial charge in [-0.15, -0.1) is 0 Å². The highest BCUT2D eigenvalue weighted by Gasteiger charge is 2.33. The summed E-state index contributed by atoms with van der Waals surface area (Å²) in [6.45, 7) is 6.32. The Morgan fingerprint density at radius 3 is 2.60 bits per heavy atom. The normalized spacial score (nSPS) is 23.1. The quantitative estimate of drug-likeness (QED) is 0.889. The summed E-state index contributed by atoms with van der Waals surface area (Å²) in [5.74, 6) is 1.23. The van der Waals surface area contributed by atoms with Gasteiger partial charge in [-0.1, -0.05) is 31.0 Å². The molecule has 110 valence electrons. The van der Waals surface area contributed by atoms with E-state index in [1.165, 1.54) is 25.7 Å². The van der Waals surface area contributed by atoms with Gasteiger partial charge in [-0.25, -0.2) is 0 Å². The molecule has 0 spiro atoms. The molecule has 0 radical (unpaired) electrons. The highest BCUT2D eigenvalue weighted by Crippen LogP contribution is 2.43. The van der Waals surface area contributed by atoms with Gasteiger partial charge in [0.2, 0.25) is 0 Å². The van der Waals surface area contributed by atoms with Crippen molar-refractivity contribution >= 4 is 0 Å². The predicted octanol–water partition coefficient (Wildman–Crippen LogP) is 2.84. The number of hydrogen-bond donors (Lipinski definition) is 2. The molecule has 1 aromatic rings. The Hall–Kier alpha value is -1.06. The maximum Gasteiger partial charge on any atom is 0.123 e. The summed E-state index contributed by atoms with van der Waals surface area (Å²) in [5.41, 5.74) is 2.15.